The molecule has 0 heteroatoms. The second-order valence-corrected chi connectivity index (χ2v) is 11.9. The molecule has 0 saturated heterocycles. The van der Waals surface area contributed by atoms with Crippen LogP contribution in [0.3, 0.4) is 0 Å². The van der Waals surface area contributed by atoms with Crippen LogP contribution < -0.4 is 0 Å². The molecule has 0 bridgehead atoms. The quantitative estimate of drug-likeness (QED) is 0.411. The monoisotopic (exact) mass is 388 g/mol. The van der Waals surface area contributed by atoms with Crippen LogP contribution in [0.25, 0.3) is 0 Å². The van der Waals surface area contributed by atoms with Crippen molar-refractivity contribution >= 4 is 0 Å². The van der Waals surface area contributed by atoms with Crippen LogP contribution in [-0.2, 0) is 0 Å². The van der Waals surface area contributed by atoms with Gasteiger partial charge >= 0.3 is 0 Å². The number of fused-ring (bicyclic) bond motifs is 5. The van der Waals surface area contributed by atoms with Crippen molar-refractivity contribution in [3.8, 4) is 0 Å². The van der Waals surface area contributed by atoms with Gasteiger partial charge in [-0.1, -0.05) is 73.6 Å². The molecule has 4 rings (SSSR count). The van der Waals surface area contributed by atoms with E-state index in [9.17, 15) is 0 Å². The van der Waals surface area contributed by atoms with E-state index in [0.717, 1.165) is 40.9 Å². The van der Waals surface area contributed by atoms with Crippen LogP contribution in [0.2, 0.25) is 0 Å². The van der Waals surface area contributed by atoms with Crippen molar-refractivity contribution in [3.05, 3.63) is 0 Å². The molecule has 0 aliphatic heterocycles. The first-order valence-electron chi connectivity index (χ1n) is 13.4. The summed E-state index contributed by atoms with van der Waals surface area (Å²) in [6, 6.07) is 0. The molecule has 0 nitrogen and oxygen atoms in total. The van der Waals surface area contributed by atoms with Crippen molar-refractivity contribution in [2.45, 2.75) is 131 Å². The summed E-state index contributed by atoms with van der Waals surface area (Å²) in [5, 5.41) is 0. The number of unbranched alkanes of at least 4 members (excludes halogenated alkanes) is 1. The van der Waals surface area contributed by atoms with E-state index in [1.165, 1.54) is 38.5 Å². The largest absolute Gasteiger partial charge is 0.0683 e. The van der Waals surface area contributed by atoms with Gasteiger partial charge in [0, 0.05) is 0 Å². The van der Waals surface area contributed by atoms with Crippen LogP contribution in [-0.4, -0.2) is 0 Å². The maximum absolute atomic E-state index is 2.74. The Kier molecular flexibility index (Phi) is 7.64. The van der Waals surface area contributed by atoms with Crippen LogP contribution in [0, 0.1) is 46.3 Å². The molecule has 0 aromatic carbocycles. The highest BCUT2D eigenvalue weighted by molar-refractivity contribution is 5.08. The maximum Gasteiger partial charge on any atom is -0.0266 e. The van der Waals surface area contributed by atoms with Crippen LogP contribution in [0.4, 0.5) is 0 Å². The molecule has 164 valence electrons. The zero-order valence-electron chi connectivity index (χ0n) is 20.4. The first kappa shape index (κ1) is 22.7. The molecule has 0 aromatic rings. The summed E-state index contributed by atoms with van der Waals surface area (Å²) in [6.07, 6.45) is 21.6. The highest BCUT2D eigenvalue weighted by Crippen LogP contribution is 2.67. The Labute approximate surface area is 178 Å². The van der Waals surface area contributed by atoms with Crippen LogP contribution in [0.5, 0.6) is 0 Å². The number of hydrogen-bond acceptors (Lipinski definition) is 0. The third-order valence-electron chi connectivity index (χ3n) is 10.4. The fraction of sp³-hybridized carbons (Fsp3) is 1.00. The van der Waals surface area contributed by atoms with Gasteiger partial charge in [-0.25, -0.2) is 0 Å². The predicted molar refractivity (Wildman–Crippen MR) is 124 cm³/mol. The Morgan fingerprint density at radius 1 is 0.750 bits per heavy atom. The molecule has 7 unspecified atom stereocenters. The normalized spacial score (nSPS) is 44.9. The lowest BCUT2D eigenvalue weighted by atomic mass is 9.45. The minimum absolute atomic E-state index is 0.705. The lowest BCUT2D eigenvalue weighted by Crippen LogP contribution is -2.52. The summed E-state index contributed by atoms with van der Waals surface area (Å²) >= 11 is 0. The summed E-state index contributed by atoms with van der Waals surface area (Å²) < 4.78 is 0. The highest BCUT2D eigenvalue weighted by Gasteiger charge is 2.59. The Hall–Kier alpha value is 0. The summed E-state index contributed by atoms with van der Waals surface area (Å²) in [5.74, 6) is 6.28. The standard InChI is InChI=1S/C26H46.C2H6/c1-19(2)9-5-6-10-21-13-15-23-22-14-12-20-11-7-8-17-25(20,3)24(22)16-18-26(21,23)4;1-2/h19-24H,5-18H2,1-4H3;1-2H3. The first-order chi connectivity index (χ1) is 13.4. The van der Waals surface area contributed by atoms with Gasteiger partial charge in [-0.05, 0) is 104 Å². The van der Waals surface area contributed by atoms with Gasteiger partial charge in [-0.15, -0.1) is 0 Å². The van der Waals surface area contributed by atoms with E-state index in [-0.39, 0.29) is 0 Å². The molecular weight excluding hydrogens is 336 g/mol. The second kappa shape index (κ2) is 9.43. The summed E-state index contributed by atoms with van der Waals surface area (Å²) in [4.78, 5) is 0. The van der Waals surface area contributed by atoms with E-state index >= 15 is 0 Å². The molecule has 0 heterocycles. The molecule has 4 aliphatic carbocycles. The summed E-state index contributed by atoms with van der Waals surface area (Å²) in [7, 11) is 0. The van der Waals surface area contributed by atoms with Crippen molar-refractivity contribution < 1.29 is 0 Å². The molecule has 0 N–H and O–H groups in total. The molecule has 4 saturated carbocycles. The molecule has 0 aromatic heterocycles. The molecule has 0 radical (unpaired) electrons. The van der Waals surface area contributed by atoms with Gasteiger partial charge in [-0.3, -0.25) is 0 Å². The minimum Gasteiger partial charge on any atom is -0.0683 e. The van der Waals surface area contributed by atoms with Gasteiger partial charge in [0.1, 0.15) is 0 Å². The number of rotatable bonds is 5. The van der Waals surface area contributed by atoms with Gasteiger partial charge in [0.15, 0.2) is 0 Å². The highest BCUT2D eigenvalue weighted by atomic mass is 14.6. The van der Waals surface area contributed by atoms with Crippen molar-refractivity contribution in [2.24, 2.45) is 46.3 Å². The van der Waals surface area contributed by atoms with Crippen LogP contribution in [0.15, 0.2) is 0 Å². The Morgan fingerprint density at radius 3 is 2.25 bits per heavy atom. The van der Waals surface area contributed by atoms with E-state index in [4.69, 9.17) is 0 Å². The molecular formula is C28H52. The third kappa shape index (κ3) is 4.09. The topological polar surface area (TPSA) is 0 Å². The molecule has 0 spiro atoms. The zero-order chi connectivity index (χ0) is 20.4. The fourth-order valence-corrected chi connectivity index (χ4v) is 8.82. The average molecular weight is 389 g/mol. The lowest BCUT2D eigenvalue weighted by molar-refractivity contribution is -0.111. The molecule has 7 atom stereocenters. The van der Waals surface area contributed by atoms with Crippen molar-refractivity contribution in [1.82, 2.24) is 0 Å². The molecule has 0 amide bonds. The Morgan fingerprint density at radius 2 is 1.50 bits per heavy atom. The van der Waals surface area contributed by atoms with E-state index in [2.05, 4.69) is 27.7 Å². The van der Waals surface area contributed by atoms with E-state index in [1.807, 2.05) is 13.8 Å². The van der Waals surface area contributed by atoms with Gasteiger partial charge < -0.3 is 0 Å². The number of hydrogen-bond donors (Lipinski definition) is 0. The molecule has 4 aliphatic rings. The summed E-state index contributed by atoms with van der Waals surface area (Å²) in [5.41, 5.74) is 1.43. The fourth-order valence-electron chi connectivity index (χ4n) is 8.82. The van der Waals surface area contributed by atoms with Crippen molar-refractivity contribution in [3.63, 3.8) is 0 Å². The van der Waals surface area contributed by atoms with Crippen LogP contribution in [0.1, 0.15) is 131 Å². The molecule has 4 fully saturated rings. The zero-order valence-corrected chi connectivity index (χ0v) is 20.4. The minimum atomic E-state index is 0.705. The van der Waals surface area contributed by atoms with Crippen LogP contribution >= 0.6 is 0 Å². The van der Waals surface area contributed by atoms with Gasteiger partial charge in [0.05, 0.1) is 0 Å². The SMILES string of the molecule is CC.CC(C)CCCCC1CCC2C3CCC4CCCCC4(C)C3CCC12C. The average Bonchev–Trinajstić information content (AvgIpc) is 3.02. The van der Waals surface area contributed by atoms with E-state index in [0.29, 0.717) is 5.41 Å². The smallest absolute Gasteiger partial charge is 0.0266 e. The second-order valence-electron chi connectivity index (χ2n) is 11.9. The third-order valence-corrected chi connectivity index (χ3v) is 10.4. The first-order valence-corrected chi connectivity index (χ1v) is 13.4. The Bertz CT molecular complexity index is 478. The van der Waals surface area contributed by atoms with Gasteiger partial charge in [-0.2, -0.15) is 0 Å². The van der Waals surface area contributed by atoms with Gasteiger partial charge in [0.25, 0.3) is 0 Å². The Balaban J connectivity index is 0.00000109. The van der Waals surface area contributed by atoms with Crippen molar-refractivity contribution in [2.75, 3.05) is 0 Å². The van der Waals surface area contributed by atoms with Crippen molar-refractivity contribution in [1.29, 1.82) is 0 Å². The molecule has 28 heavy (non-hydrogen) atoms. The van der Waals surface area contributed by atoms with E-state index in [1.54, 1.807) is 51.4 Å². The maximum atomic E-state index is 2.74. The van der Waals surface area contributed by atoms with E-state index < -0.39 is 0 Å². The lowest BCUT2D eigenvalue weighted by Gasteiger charge is -2.60. The van der Waals surface area contributed by atoms with Gasteiger partial charge in [0.2, 0.25) is 0 Å². The predicted octanol–water partition coefficient (Wildman–Crippen LogP) is 9.28. The summed E-state index contributed by atoms with van der Waals surface area (Å²) in [6.45, 7) is 14.2.